The van der Waals surface area contributed by atoms with Gasteiger partial charge in [0.15, 0.2) is 0 Å². The summed E-state index contributed by atoms with van der Waals surface area (Å²) in [5.41, 5.74) is 14.4. The van der Waals surface area contributed by atoms with Gasteiger partial charge in [-0.05, 0) is 36.3 Å². The average Bonchev–Trinajstić information content (AvgIpc) is 2.88. The highest BCUT2D eigenvalue weighted by molar-refractivity contribution is 6.37. The number of hydrogen-bond acceptors (Lipinski definition) is 7. The molecule has 2 heterocycles. The van der Waals surface area contributed by atoms with E-state index in [2.05, 4.69) is 15.3 Å². The highest BCUT2D eigenvalue weighted by atomic mass is 35.5. The van der Waals surface area contributed by atoms with Crippen molar-refractivity contribution in [3.63, 3.8) is 0 Å². The zero-order chi connectivity index (χ0) is 24.9. The van der Waals surface area contributed by atoms with E-state index in [1.165, 1.54) is 13.3 Å². The summed E-state index contributed by atoms with van der Waals surface area (Å²) in [6.07, 6.45) is 3.76. The van der Waals surface area contributed by atoms with Crippen LogP contribution in [-0.2, 0) is 9.53 Å². The number of amides is 2. The number of ether oxygens (including phenoxy) is 1. The molecule has 35 heavy (non-hydrogen) atoms. The molecule has 0 spiro atoms. The van der Waals surface area contributed by atoms with Crippen LogP contribution >= 0.6 is 11.6 Å². The van der Waals surface area contributed by atoms with Crippen LogP contribution in [0.1, 0.15) is 28.4 Å². The van der Waals surface area contributed by atoms with Gasteiger partial charge in [0.05, 0.1) is 24.4 Å². The first-order valence-corrected chi connectivity index (χ1v) is 11.3. The topological polar surface area (TPSA) is 135 Å². The Kier molecular flexibility index (Phi) is 7.28. The summed E-state index contributed by atoms with van der Waals surface area (Å²) < 4.78 is 5.44. The van der Waals surface area contributed by atoms with Crippen LogP contribution in [0.3, 0.4) is 0 Å². The molecule has 0 aromatic heterocycles. The number of nitrogens with zero attached hydrogens (tertiary/aromatic N) is 3. The van der Waals surface area contributed by atoms with E-state index < -0.39 is 5.91 Å². The van der Waals surface area contributed by atoms with Gasteiger partial charge < -0.3 is 21.5 Å². The number of nitrogens with one attached hydrogen (secondary N) is 1. The molecule has 4 rings (SSSR count). The van der Waals surface area contributed by atoms with Crippen LogP contribution in [0, 0.1) is 0 Å². The number of nitrogens with two attached hydrogens (primary N) is 2. The molecule has 2 aromatic carbocycles. The second kappa shape index (κ2) is 10.5. The van der Waals surface area contributed by atoms with E-state index in [0.29, 0.717) is 46.2 Å². The van der Waals surface area contributed by atoms with Gasteiger partial charge in [-0.25, -0.2) is 9.89 Å². The Bertz CT molecular complexity index is 1270. The lowest BCUT2D eigenvalue weighted by Crippen LogP contribution is -2.42. The molecule has 0 saturated carbocycles. The predicted octanol–water partition coefficient (Wildman–Crippen LogP) is 2.69. The van der Waals surface area contributed by atoms with Gasteiger partial charge in [-0.15, -0.1) is 0 Å². The third kappa shape index (κ3) is 5.26. The minimum absolute atomic E-state index is 0.106. The van der Waals surface area contributed by atoms with Crippen molar-refractivity contribution >= 4 is 41.0 Å². The standard InChI is InChI=1S/C25H25ClN6O3/c1-35-25-31-14-18-11-17(22(28)33)13-30-23(18)32(25)21-12-16(7-8-19(21)26)24(34)29-10-9-20(27)15-5-3-2-4-6-15/h2-8,11-12,14,20H,9-10,13,27H2,1H3,(H2,28,33)(H,29,34)/t20-/m1/s1. The van der Waals surface area contributed by atoms with Crippen LogP contribution in [0.25, 0.3) is 0 Å². The lowest BCUT2D eigenvalue weighted by molar-refractivity contribution is -0.114. The van der Waals surface area contributed by atoms with Gasteiger partial charge in [0.2, 0.25) is 5.91 Å². The van der Waals surface area contributed by atoms with Gasteiger partial charge in [0.1, 0.15) is 5.84 Å². The summed E-state index contributed by atoms with van der Waals surface area (Å²) in [6, 6.07) is 14.7. The van der Waals surface area contributed by atoms with Crippen molar-refractivity contribution in [1.82, 2.24) is 5.32 Å². The van der Waals surface area contributed by atoms with E-state index in [1.807, 2.05) is 30.3 Å². The molecule has 180 valence electrons. The fourth-order valence-electron chi connectivity index (χ4n) is 3.76. The number of carbonyl (C=O) groups excluding carboxylic acids is 2. The van der Waals surface area contributed by atoms with Crippen LogP contribution in [0.2, 0.25) is 5.02 Å². The predicted molar refractivity (Wildman–Crippen MR) is 136 cm³/mol. The van der Waals surface area contributed by atoms with E-state index >= 15 is 0 Å². The number of halogens is 1. The minimum Gasteiger partial charge on any atom is -0.468 e. The van der Waals surface area contributed by atoms with E-state index in [9.17, 15) is 9.59 Å². The van der Waals surface area contributed by atoms with Gasteiger partial charge in [-0.3, -0.25) is 14.6 Å². The highest BCUT2D eigenvalue weighted by Gasteiger charge is 2.31. The van der Waals surface area contributed by atoms with Gasteiger partial charge >= 0.3 is 6.02 Å². The summed E-state index contributed by atoms with van der Waals surface area (Å²) >= 11 is 6.52. The molecule has 1 atom stereocenters. The average molecular weight is 493 g/mol. The van der Waals surface area contributed by atoms with E-state index in [0.717, 1.165) is 5.56 Å². The molecule has 0 saturated heterocycles. The lowest BCUT2D eigenvalue weighted by Gasteiger charge is -2.31. The van der Waals surface area contributed by atoms with E-state index in [4.69, 9.17) is 27.8 Å². The molecular weight excluding hydrogens is 468 g/mol. The summed E-state index contributed by atoms with van der Waals surface area (Å²) in [4.78, 5) is 34.9. The summed E-state index contributed by atoms with van der Waals surface area (Å²) in [5, 5.41) is 3.27. The monoisotopic (exact) mass is 492 g/mol. The van der Waals surface area contributed by atoms with Crippen LogP contribution in [-0.4, -0.2) is 43.9 Å². The number of carbonyl (C=O) groups is 2. The summed E-state index contributed by atoms with van der Waals surface area (Å²) in [5.74, 6) is -0.339. The molecule has 0 radical (unpaired) electrons. The molecule has 0 aliphatic carbocycles. The molecule has 0 bridgehead atoms. The van der Waals surface area contributed by atoms with Gasteiger partial charge in [0, 0.05) is 35.5 Å². The van der Waals surface area contributed by atoms with Crippen molar-refractivity contribution in [1.29, 1.82) is 0 Å². The molecule has 2 amide bonds. The van der Waals surface area contributed by atoms with Crippen molar-refractivity contribution in [2.75, 3.05) is 25.1 Å². The van der Waals surface area contributed by atoms with Crippen molar-refractivity contribution in [2.24, 2.45) is 21.5 Å². The Morgan fingerprint density at radius 1 is 1.23 bits per heavy atom. The number of methoxy groups -OCH3 is 1. The van der Waals surface area contributed by atoms with Crippen molar-refractivity contribution in [3.8, 4) is 0 Å². The molecule has 2 aliphatic heterocycles. The van der Waals surface area contributed by atoms with Crippen LogP contribution in [0.4, 0.5) is 5.69 Å². The second-order valence-corrected chi connectivity index (χ2v) is 8.34. The Morgan fingerprint density at radius 2 is 2.00 bits per heavy atom. The maximum atomic E-state index is 12.9. The van der Waals surface area contributed by atoms with Crippen LogP contribution in [0.15, 0.2) is 81.9 Å². The Morgan fingerprint density at radius 3 is 2.71 bits per heavy atom. The summed E-state index contributed by atoms with van der Waals surface area (Å²) in [6.45, 7) is 0.511. The largest absolute Gasteiger partial charge is 0.468 e. The number of anilines is 1. The molecule has 10 heteroatoms. The maximum absolute atomic E-state index is 12.9. The first-order valence-electron chi connectivity index (χ1n) is 10.9. The number of benzene rings is 2. The van der Waals surface area contributed by atoms with Gasteiger partial charge in [0.25, 0.3) is 5.91 Å². The highest BCUT2D eigenvalue weighted by Crippen LogP contribution is 2.32. The lowest BCUT2D eigenvalue weighted by atomic mass is 10.0. The maximum Gasteiger partial charge on any atom is 0.302 e. The Hall–Kier alpha value is -3.95. The Balaban J connectivity index is 1.53. The van der Waals surface area contributed by atoms with Gasteiger partial charge in [-0.2, -0.15) is 0 Å². The van der Waals surface area contributed by atoms with Crippen LogP contribution < -0.4 is 21.7 Å². The Labute approximate surface area is 207 Å². The number of dihydropyridines is 1. The van der Waals surface area contributed by atoms with Gasteiger partial charge in [-0.1, -0.05) is 41.9 Å². The van der Waals surface area contributed by atoms with Crippen molar-refractivity contribution < 1.29 is 14.3 Å². The molecule has 9 nitrogen and oxygen atoms in total. The second-order valence-electron chi connectivity index (χ2n) is 7.94. The zero-order valence-electron chi connectivity index (χ0n) is 19.1. The number of amidine groups is 2. The van der Waals surface area contributed by atoms with E-state index in [-0.39, 0.29) is 24.5 Å². The zero-order valence-corrected chi connectivity index (χ0v) is 19.8. The van der Waals surface area contributed by atoms with Crippen LogP contribution in [0.5, 0.6) is 0 Å². The third-order valence-corrected chi connectivity index (χ3v) is 5.94. The fourth-order valence-corrected chi connectivity index (χ4v) is 3.96. The number of hydrogen-bond donors (Lipinski definition) is 3. The smallest absolute Gasteiger partial charge is 0.302 e. The molecule has 0 unspecified atom stereocenters. The first kappa shape index (κ1) is 24.2. The fraction of sp³-hybridized carbons (Fsp3) is 0.200. The number of aliphatic imine (C=N–C) groups is 2. The minimum atomic E-state index is -0.551. The quantitative estimate of drug-likeness (QED) is 0.546. The van der Waals surface area contributed by atoms with E-state index in [1.54, 1.807) is 29.2 Å². The molecule has 2 aromatic rings. The number of primary amides is 1. The van der Waals surface area contributed by atoms with Crippen molar-refractivity contribution in [2.45, 2.75) is 12.5 Å². The molecule has 2 aliphatic rings. The first-order chi connectivity index (χ1) is 16.9. The molecular formula is C25H25ClN6O3. The molecule has 5 N–H and O–H groups in total. The molecule has 0 fully saturated rings. The number of fused-ring (bicyclic) bond motifs is 1. The normalized spacial score (nSPS) is 15.7. The summed E-state index contributed by atoms with van der Waals surface area (Å²) in [7, 11) is 1.47. The third-order valence-electron chi connectivity index (χ3n) is 5.62. The SMILES string of the molecule is COC1=NC=C2C=C(C(N)=O)CN=C2N1c1cc(C(=O)NCC[C@@H](N)c2ccccc2)ccc1Cl. The number of rotatable bonds is 7. The van der Waals surface area contributed by atoms with Crippen molar-refractivity contribution in [3.05, 3.63) is 88.1 Å².